The minimum Gasteiger partial charge on any atom is -0.477 e. The third kappa shape index (κ3) is 3.56. The minimum absolute atomic E-state index is 0.0928. The molecule has 4 rings (SSSR count). The van der Waals surface area contributed by atoms with Gasteiger partial charge in [-0.25, -0.2) is 4.79 Å². The summed E-state index contributed by atoms with van der Waals surface area (Å²) in [7, 11) is 0. The number of likely N-dealkylation sites (tertiary alicyclic amines) is 1. The van der Waals surface area contributed by atoms with Gasteiger partial charge in [-0.15, -0.1) is 11.8 Å². The van der Waals surface area contributed by atoms with Gasteiger partial charge in [0.15, 0.2) is 5.70 Å². The lowest BCUT2D eigenvalue weighted by Gasteiger charge is -2.44. The number of carbonyl (C=O) groups is 2. The normalized spacial score (nSPS) is 28.4. The number of carboxylic acid groups (broad SMARTS) is 1. The van der Waals surface area contributed by atoms with E-state index >= 15 is 0 Å². The number of amides is 1. The van der Waals surface area contributed by atoms with Crippen LogP contribution in [0.1, 0.15) is 25.3 Å². The van der Waals surface area contributed by atoms with Crippen molar-refractivity contribution in [3.05, 3.63) is 40.0 Å². The SMILES string of the molecule is CC[C@H](O)[C@@H]1C(=O)N2C(C(=O)O)=C(S[C@H]3CCN(Cc4cccnc4)C3)S[C@H]12. The Bertz CT molecular complexity index is 804. The van der Waals surface area contributed by atoms with Gasteiger partial charge in [0, 0.05) is 30.7 Å². The summed E-state index contributed by atoms with van der Waals surface area (Å²) in [6.45, 7) is 4.49. The Balaban J connectivity index is 1.42. The molecule has 0 aliphatic carbocycles. The highest BCUT2D eigenvalue weighted by atomic mass is 32.2. The zero-order chi connectivity index (χ0) is 19.8. The Kier molecular flexibility index (Phi) is 5.69. The van der Waals surface area contributed by atoms with Crippen molar-refractivity contribution in [2.75, 3.05) is 13.1 Å². The highest BCUT2D eigenvalue weighted by Gasteiger charge is 2.58. The third-order valence-electron chi connectivity index (χ3n) is 5.41. The molecule has 2 saturated heterocycles. The minimum atomic E-state index is -1.07. The number of pyridine rings is 1. The number of aliphatic carboxylic acids is 1. The zero-order valence-corrected chi connectivity index (χ0v) is 17.2. The predicted octanol–water partition coefficient (Wildman–Crippen LogP) is 1.94. The molecule has 1 aromatic rings. The molecule has 2 N–H and O–H groups in total. The Hall–Kier alpha value is -1.55. The summed E-state index contributed by atoms with van der Waals surface area (Å²) >= 11 is 2.99. The topological polar surface area (TPSA) is 94.0 Å². The summed E-state index contributed by atoms with van der Waals surface area (Å²) in [5.41, 5.74) is 1.26. The number of β-lactam (4-membered cyclic amide) rings is 1. The summed E-state index contributed by atoms with van der Waals surface area (Å²) in [5, 5.41) is 19.8. The first-order valence-corrected chi connectivity index (χ1v) is 11.2. The van der Waals surface area contributed by atoms with Gasteiger partial charge in [-0.05, 0) is 31.0 Å². The quantitative estimate of drug-likeness (QED) is 0.645. The Morgan fingerprint density at radius 1 is 1.50 bits per heavy atom. The number of aliphatic hydroxyl groups is 1. The number of thioether (sulfide) groups is 2. The molecular formula is C19H23N3O4S2. The maximum absolute atomic E-state index is 12.4. The van der Waals surface area contributed by atoms with Crippen LogP contribution in [0.4, 0.5) is 0 Å². The first-order chi connectivity index (χ1) is 13.5. The molecule has 9 heteroatoms. The van der Waals surface area contributed by atoms with Gasteiger partial charge in [-0.1, -0.05) is 24.8 Å². The first kappa shape index (κ1) is 19.8. The predicted molar refractivity (Wildman–Crippen MR) is 108 cm³/mol. The van der Waals surface area contributed by atoms with Gasteiger partial charge in [-0.3, -0.25) is 19.6 Å². The van der Waals surface area contributed by atoms with Crippen LogP contribution in [0, 0.1) is 5.92 Å². The van der Waals surface area contributed by atoms with E-state index in [0.717, 1.165) is 26.1 Å². The van der Waals surface area contributed by atoms with Gasteiger partial charge in [0.05, 0.1) is 16.3 Å². The van der Waals surface area contributed by atoms with Gasteiger partial charge in [0.2, 0.25) is 5.91 Å². The van der Waals surface area contributed by atoms with Crippen molar-refractivity contribution in [2.45, 2.75) is 43.0 Å². The van der Waals surface area contributed by atoms with Gasteiger partial charge >= 0.3 is 5.97 Å². The number of aromatic nitrogens is 1. The average Bonchev–Trinajstić information content (AvgIpc) is 3.25. The molecule has 0 spiro atoms. The average molecular weight is 422 g/mol. The van der Waals surface area contributed by atoms with Crippen LogP contribution < -0.4 is 0 Å². The molecule has 2 fully saturated rings. The fourth-order valence-electron chi connectivity index (χ4n) is 3.93. The fraction of sp³-hybridized carbons (Fsp3) is 0.526. The lowest BCUT2D eigenvalue weighted by atomic mass is 9.90. The number of hydrogen-bond donors (Lipinski definition) is 2. The number of aliphatic hydroxyl groups excluding tert-OH is 1. The molecule has 0 saturated carbocycles. The van der Waals surface area contributed by atoms with Gasteiger partial charge in [0.25, 0.3) is 0 Å². The number of rotatable bonds is 7. The van der Waals surface area contributed by atoms with Crippen LogP contribution in [-0.4, -0.2) is 66.7 Å². The molecule has 0 unspecified atom stereocenters. The molecular weight excluding hydrogens is 398 g/mol. The molecule has 150 valence electrons. The molecule has 3 aliphatic heterocycles. The zero-order valence-electron chi connectivity index (χ0n) is 15.5. The summed E-state index contributed by atoms with van der Waals surface area (Å²) in [4.78, 5) is 32.1. The molecule has 1 aromatic heterocycles. The van der Waals surface area contributed by atoms with E-state index in [1.807, 2.05) is 19.2 Å². The highest BCUT2D eigenvalue weighted by molar-refractivity contribution is 8.23. The molecule has 3 aliphatic rings. The van der Waals surface area contributed by atoms with Crippen molar-refractivity contribution in [3.8, 4) is 0 Å². The number of carboxylic acids is 1. The van der Waals surface area contributed by atoms with Crippen LogP contribution in [0.3, 0.4) is 0 Å². The summed E-state index contributed by atoms with van der Waals surface area (Å²) in [6.07, 6.45) is 4.37. The lowest BCUT2D eigenvalue weighted by Crippen LogP contribution is -2.61. The highest BCUT2D eigenvalue weighted by Crippen LogP contribution is 2.55. The summed E-state index contributed by atoms with van der Waals surface area (Å²) < 4.78 is 0.699. The molecule has 4 heterocycles. The van der Waals surface area contributed by atoms with Crippen LogP contribution in [-0.2, 0) is 16.1 Å². The smallest absolute Gasteiger partial charge is 0.354 e. The van der Waals surface area contributed by atoms with Crippen molar-refractivity contribution in [1.82, 2.24) is 14.8 Å². The standard InChI is InChI=1S/C19H23N3O4S2/c1-2-13(23)14-16(24)22-15(18(25)26)19(28-17(14)22)27-12-5-7-21(10-12)9-11-4-3-6-20-8-11/h3-4,6,8,12-14,17,23H,2,5,7,9-10H2,1H3,(H,25,26)/t12-,13-,14+,17+/m0/s1. The maximum atomic E-state index is 12.4. The van der Waals surface area contributed by atoms with Crippen molar-refractivity contribution < 1.29 is 19.8 Å². The molecule has 0 bridgehead atoms. The summed E-state index contributed by atoms with van der Waals surface area (Å²) in [6, 6.07) is 3.99. The van der Waals surface area contributed by atoms with E-state index in [2.05, 4.69) is 16.0 Å². The van der Waals surface area contributed by atoms with Crippen molar-refractivity contribution in [1.29, 1.82) is 0 Å². The van der Waals surface area contributed by atoms with E-state index in [0.29, 0.717) is 10.7 Å². The van der Waals surface area contributed by atoms with Gasteiger partial charge in [-0.2, -0.15) is 0 Å². The number of hydrogen-bond acceptors (Lipinski definition) is 7. The van der Waals surface area contributed by atoms with Crippen LogP contribution >= 0.6 is 23.5 Å². The Labute approximate surface area is 172 Å². The number of carbonyl (C=O) groups excluding carboxylic acids is 1. The van der Waals surface area contributed by atoms with Gasteiger partial charge in [0.1, 0.15) is 5.37 Å². The van der Waals surface area contributed by atoms with Crippen molar-refractivity contribution >= 4 is 35.4 Å². The number of nitrogens with zero attached hydrogens (tertiary/aromatic N) is 3. The molecule has 0 aromatic carbocycles. The van der Waals surface area contributed by atoms with E-state index in [1.165, 1.54) is 22.2 Å². The molecule has 28 heavy (non-hydrogen) atoms. The van der Waals surface area contributed by atoms with E-state index in [1.54, 1.807) is 18.0 Å². The van der Waals surface area contributed by atoms with E-state index in [9.17, 15) is 19.8 Å². The molecule has 0 radical (unpaired) electrons. The van der Waals surface area contributed by atoms with Crippen LogP contribution in [0.15, 0.2) is 34.5 Å². The fourth-order valence-corrected chi connectivity index (χ4v) is 7.24. The van der Waals surface area contributed by atoms with Crippen molar-refractivity contribution in [2.24, 2.45) is 5.92 Å². The lowest BCUT2D eigenvalue weighted by molar-refractivity contribution is -0.157. The van der Waals surface area contributed by atoms with Crippen molar-refractivity contribution in [3.63, 3.8) is 0 Å². The summed E-state index contributed by atoms with van der Waals surface area (Å²) in [5.74, 6) is -1.85. The van der Waals surface area contributed by atoms with Crippen LogP contribution in [0.5, 0.6) is 0 Å². The number of fused-ring (bicyclic) bond motifs is 1. The second-order valence-corrected chi connectivity index (χ2v) is 9.98. The second kappa shape index (κ2) is 8.06. The largest absolute Gasteiger partial charge is 0.477 e. The maximum Gasteiger partial charge on any atom is 0.354 e. The van der Waals surface area contributed by atoms with Gasteiger partial charge < -0.3 is 10.2 Å². The second-order valence-electron chi connectivity index (χ2n) is 7.28. The van der Waals surface area contributed by atoms with E-state index in [-0.39, 0.29) is 22.2 Å². The van der Waals surface area contributed by atoms with Crippen LogP contribution in [0.25, 0.3) is 0 Å². The monoisotopic (exact) mass is 421 g/mol. The Morgan fingerprint density at radius 3 is 3.00 bits per heavy atom. The van der Waals surface area contributed by atoms with E-state index < -0.39 is 18.0 Å². The molecule has 4 atom stereocenters. The van der Waals surface area contributed by atoms with E-state index in [4.69, 9.17) is 0 Å². The molecule has 1 amide bonds. The third-order valence-corrected chi connectivity index (χ3v) is 8.27. The first-order valence-electron chi connectivity index (χ1n) is 9.42. The molecule has 7 nitrogen and oxygen atoms in total. The Morgan fingerprint density at radius 2 is 2.32 bits per heavy atom. The van der Waals surface area contributed by atoms with Crippen LogP contribution in [0.2, 0.25) is 0 Å².